The fourth-order valence-electron chi connectivity index (χ4n) is 2.63. The van der Waals surface area contributed by atoms with Gasteiger partial charge < -0.3 is 14.1 Å². The second-order valence-corrected chi connectivity index (χ2v) is 5.67. The Morgan fingerprint density at radius 3 is 2.65 bits per heavy atom. The van der Waals surface area contributed by atoms with Crippen molar-refractivity contribution in [2.75, 3.05) is 7.11 Å². The third kappa shape index (κ3) is 2.53. The van der Waals surface area contributed by atoms with E-state index >= 15 is 0 Å². The van der Waals surface area contributed by atoms with Crippen molar-refractivity contribution in [3.63, 3.8) is 0 Å². The molecule has 0 fully saturated rings. The summed E-state index contributed by atoms with van der Waals surface area (Å²) in [6.45, 7) is 3.41. The molecule has 5 nitrogen and oxygen atoms in total. The molecule has 2 heterocycles. The topological polar surface area (TPSA) is 72.3 Å². The number of hydrogen-bond donors (Lipinski definition) is 1. The second kappa shape index (κ2) is 5.59. The van der Waals surface area contributed by atoms with Gasteiger partial charge in [0.2, 0.25) is 5.78 Å². The summed E-state index contributed by atoms with van der Waals surface area (Å²) in [5, 5.41) is 1.31. The minimum Gasteiger partial charge on any atom is -0.465 e. The molecule has 0 saturated heterocycles. The Hall–Kier alpha value is -2.53. The molecule has 3 aromatic rings. The van der Waals surface area contributed by atoms with E-state index in [2.05, 4.69) is 4.98 Å². The molecular weight excluding hydrogens is 318 g/mol. The number of fused-ring (bicyclic) bond motifs is 1. The van der Waals surface area contributed by atoms with Gasteiger partial charge in [-0.25, -0.2) is 4.79 Å². The van der Waals surface area contributed by atoms with E-state index in [9.17, 15) is 9.59 Å². The molecule has 1 aromatic carbocycles. The number of methoxy groups -OCH3 is 1. The third-order valence-electron chi connectivity index (χ3n) is 3.76. The first kappa shape index (κ1) is 15.4. The number of hydrogen-bond acceptors (Lipinski definition) is 4. The van der Waals surface area contributed by atoms with Crippen molar-refractivity contribution in [1.82, 2.24) is 4.98 Å². The number of ketones is 1. The number of benzene rings is 1. The average Bonchev–Trinajstić information content (AvgIpc) is 3.06. The van der Waals surface area contributed by atoms with Crippen LogP contribution in [0.2, 0.25) is 5.02 Å². The van der Waals surface area contributed by atoms with Gasteiger partial charge in [-0.2, -0.15) is 0 Å². The van der Waals surface area contributed by atoms with Gasteiger partial charge in [0.05, 0.1) is 18.4 Å². The molecule has 0 aliphatic carbocycles. The quantitative estimate of drug-likeness (QED) is 0.580. The van der Waals surface area contributed by atoms with Gasteiger partial charge in [-0.15, -0.1) is 0 Å². The van der Waals surface area contributed by atoms with Gasteiger partial charge in [0, 0.05) is 16.1 Å². The van der Waals surface area contributed by atoms with Crippen molar-refractivity contribution < 1.29 is 18.7 Å². The highest BCUT2D eigenvalue weighted by Gasteiger charge is 2.25. The number of rotatable bonds is 3. The van der Waals surface area contributed by atoms with E-state index in [1.165, 1.54) is 7.11 Å². The summed E-state index contributed by atoms with van der Waals surface area (Å²) < 4.78 is 10.3. The van der Waals surface area contributed by atoms with Crippen LogP contribution in [-0.4, -0.2) is 23.8 Å². The van der Waals surface area contributed by atoms with Crippen LogP contribution in [-0.2, 0) is 4.74 Å². The number of aromatic nitrogens is 1. The zero-order chi connectivity index (χ0) is 16.7. The Labute approximate surface area is 137 Å². The minimum atomic E-state index is -0.480. The van der Waals surface area contributed by atoms with E-state index in [1.54, 1.807) is 38.1 Å². The largest absolute Gasteiger partial charge is 0.465 e. The van der Waals surface area contributed by atoms with Crippen molar-refractivity contribution in [3.05, 3.63) is 57.6 Å². The number of carbonyl (C=O) groups is 2. The maximum atomic E-state index is 12.7. The maximum Gasteiger partial charge on any atom is 0.339 e. The number of nitrogens with one attached hydrogen (secondary N) is 1. The molecule has 0 aliphatic rings. The standard InChI is InChI=1S/C17H14ClNO4/c1-8-14(17(21)22-3)9(2)19-15(8)16(20)13-7-10-6-11(18)4-5-12(10)23-13/h4-7,19H,1-3H3. The van der Waals surface area contributed by atoms with Crippen LogP contribution in [0.1, 0.15) is 37.9 Å². The lowest BCUT2D eigenvalue weighted by molar-refractivity contribution is 0.0599. The molecular formula is C17H14ClNO4. The molecule has 118 valence electrons. The van der Waals surface area contributed by atoms with Crippen LogP contribution in [0.4, 0.5) is 0 Å². The number of ether oxygens (including phenoxy) is 1. The fraction of sp³-hybridized carbons (Fsp3) is 0.176. The van der Waals surface area contributed by atoms with Crippen molar-refractivity contribution in [2.45, 2.75) is 13.8 Å². The summed E-state index contributed by atoms with van der Waals surface area (Å²) in [5.74, 6) is -0.622. The van der Waals surface area contributed by atoms with Gasteiger partial charge in [-0.05, 0) is 43.7 Å². The average molecular weight is 332 g/mol. The van der Waals surface area contributed by atoms with Crippen LogP contribution in [0.5, 0.6) is 0 Å². The van der Waals surface area contributed by atoms with Crippen LogP contribution in [0.25, 0.3) is 11.0 Å². The van der Waals surface area contributed by atoms with Gasteiger partial charge in [0.1, 0.15) is 5.58 Å². The van der Waals surface area contributed by atoms with E-state index in [0.29, 0.717) is 33.1 Å². The molecule has 0 bridgehead atoms. The predicted octanol–water partition coefficient (Wildman–Crippen LogP) is 4.05. The van der Waals surface area contributed by atoms with Crippen molar-refractivity contribution in [2.24, 2.45) is 0 Å². The van der Waals surface area contributed by atoms with E-state index in [4.69, 9.17) is 20.8 Å². The molecule has 6 heteroatoms. The van der Waals surface area contributed by atoms with E-state index in [1.807, 2.05) is 0 Å². The molecule has 2 aromatic heterocycles. The Balaban J connectivity index is 2.07. The highest BCUT2D eigenvalue weighted by molar-refractivity contribution is 6.31. The highest BCUT2D eigenvalue weighted by Crippen LogP contribution is 2.26. The summed E-state index contributed by atoms with van der Waals surface area (Å²) in [4.78, 5) is 27.4. The van der Waals surface area contributed by atoms with Crippen molar-refractivity contribution in [3.8, 4) is 0 Å². The molecule has 0 spiro atoms. The molecule has 0 unspecified atom stereocenters. The van der Waals surface area contributed by atoms with Gasteiger partial charge in [-0.3, -0.25) is 4.79 Å². The lowest BCUT2D eigenvalue weighted by Crippen LogP contribution is -2.05. The first-order valence-corrected chi connectivity index (χ1v) is 7.31. The first-order valence-electron chi connectivity index (χ1n) is 6.93. The van der Waals surface area contributed by atoms with E-state index in [-0.39, 0.29) is 11.5 Å². The van der Waals surface area contributed by atoms with Gasteiger partial charge in [0.15, 0.2) is 5.76 Å². The van der Waals surface area contributed by atoms with Crippen molar-refractivity contribution >= 4 is 34.3 Å². The molecule has 23 heavy (non-hydrogen) atoms. The number of furan rings is 1. The number of aromatic amines is 1. The molecule has 1 N–H and O–H groups in total. The fourth-order valence-corrected chi connectivity index (χ4v) is 2.82. The summed E-state index contributed by atoms with van der Waals surface area (Å²) >= 11 is 5.94. The number of halogens is 1. The van der Waals surface area contributed by atoms with E-state index in [0.717, 1.165) is 5.39 Å². The maximum absolute atomic E-state index is 12.7. The molecule has 0 radical (unpaired) electrons. The second-order valence-electron chi connectivity index (χ2n) is 5.24. The normalized spacial score (nSPS) is 11.0. The van der Waals surface area contributed by atoms with Crippen LogP contribution in [0.3, 0.4) is 0 Å². The van der Waals surface area contributed by atoms with Crippen LogP contribution < -0.4 is 0 Å². The van der Waals surface area contributed by atoms with Crippen LogP contribution in [0.15, 0.2) is 28.7 Å². The number of carbonyl (C=O) groups excluding carboxylic acids is 2. The van der Waals surface area contributed by atoms with Gasteiger partial charge in [0.25, 0.3) is 0 Å². The predicted molar refractivity (Wildman–Crippen MR) is 86.3 cm³/mol. The Bertz CT molecular complexity index is 936. The molecule has 3 rings (SSSR count). The highest BCUT2D eigenvalue weighted by atomic mass is 35.5. The van der Waals surface area contributed by atoms with E-state index < -0.39 is 5.97 Å². The van der Waals surface area contributed by atoms with Crippen LogP contribution >= 0.6 is 11.6 Å². The number of esters is 1. The zero-order valence-electron chi connectivity index (χ0n) is 12.8. The monoisotopic (exact) mass is 331 g/mol. The SMILES string of the molecule is COC(=O)c1c(C)[nH]c(C(=O)c2cc3cc(Cl)ccc3o2)c1C. The number of aryl methyl sites for hydroxylation is 1. The lowest BCUT2D eigenvalue weighted by Gasteiger charge is -1.99. The molecule has 0 saturated carbocycles. The molecule has 0 atom stereocenters. The van der Waals surface area contributed by atoms with Gasteiger partial charge >= 0.3 is 5.97 Å². The number of H-pyrrole nitrogens is 1. The minimum absolute atomic E-state index is 0.183. The van der Waals surface area contributed by atoms with Gasteiger partial charge in [-0.1, -0.05) is 11.6 Å². The lowest BCUT2D eigenvalue weighted by atomic mass is 10.1. The summed E-state index contributed by atoms with van der Waals surface area (Å²) in [6, 6.07) is 6.77. The molecule has 0 aliphatic heterocycles. The Morgan fingerprint density at radius 2 is 1.96 bits per heavy atom. The Morgan fingerprint density at radius 1 is 1.22 bits per heavy atom. The molecule has 0 amide bonds. The smallest absolute Gasteiger partial charge is 0.339 e. The Kier molecular flexibility index (Phi) is 3.74. The first-order chi connectivity index (χ1) is 10.9. The summed E-state index contributed by atoms with van der Waals surface area (Å²) in [6.07, 6.45) is 0. The van der Waals surface area contributed by atoms with Crippen LogP contribution in [0, 0.1) is 13.8 Å². The summed E-state index contributed by atoms with van der Waals surface area (Å²) in [7, 11) is 1.30. The summed E-state index contributed by atoms with van der Waals surface area (Å²) in [5.41, 5.74) is 2.38. The van der Waals surface area contributed by atoms with Crippen molar-refractivity contribution in [1.29, 1.82) is 0 Å². The zero-order valence-corrected chi connectivity index (χ0v) is 13.6. The third-order valence-corrected chi connectivity index (χ3v) is 3.99.